The van der Waals surface area contributed by atoms with Crippen LogP contribution in [0.1, 0.15) is 17.9 Å². The summed E-state index contributed by atoms with van der Waals surface area (Å²) in [6.45, 7) is 1.34. The molecule has 2 rings (SSSR count). The number of carbonyl (C=O) groups excluding carboxylic acids is 1. The Morgan fingerprint density at radius 1 is 1.47 bits per heavy atom. The fraction of sp³-hybridized carbons (Fsp3) is 0.364. The van der Waals surface area contributed by atoms with Crippen molar-refractivity contribution < 1.29 is 9.18 Å². The molecule has 0 amide bonds. The number of hydrogen-bond acceptors (Lipinski definition) is 2. The van der Waals surface area contributed by atoms with Crippen LogP contribution >= 0.6 is 11.6 Å². The van der Waals surface area contributed by atoms with E-state index in [0.29, 0.717) is 13.0 Å². The van der Waals surface area contributed by atoms with Crippen LogP contribution in [0.3, 0.4) is 0 Å². The fourth-order valence-electron chi connectivity index (χ4n) is 1.78. The maximum atomic E-state index is 12.9. The van der Waals surface area contributed by atoms with Crippen LogP contribution in [0.2, 0.25) is 5.02 Å². The van der Waals surface area contributed by atoms with E-state index in [-0.39, 0.29) is 16.7 Å². The summed E-state index contributed by atoms with van der Waals surface area (Å²) in [4.78, 5) is 11.6. The SMILES string of the molecule is O=C1CCNCC1c1ccc(F)c(Cl)c1. The topological polar surface area (TPSA) is 29.1 Å². The average molecular weight is 228 g/mol. The van der Waals surface area contributed by atoms with Crippen molar-refractivity contribution in [3.05, 3.63) is 34.6 Å². The summed E-state index contributed by atoms with van der Waals surface area (Å²) in [6, 6.07) is 4.46. The van der Waals surface area contributed by atoms with Crippen molar-refractivity contribution in [2.24, 2.45) is 0 Å². The molecule has 1 atom stereocenters. The van der Waals surface area contributed by atoms with Gasteiger partial charge in [0.2, 0.25) is 0 Å². The third-order valence-corrected chi connectivity index (χ3v) is 2.92. The van der Waals surface area contributed by atoms with E-state index in [4.69, 9.17) is 11.6 Å². The highest BCUT2D eigenvalue weighted by Gasteiger charge is 2.23. The quantitative estimate of drug-likeness (QED) is 0.796. The Morgan fingerprint density at radius 3 is 2.93 bits per heavy atom. The summed E-state index contributed by atoms with van der Waals surface area (Å²) in [6.07, 6.45) is 0.527. The summed E-state index contributed by atoms with van der Waals surface area (Å²) in [5, 5.41) is 3.22. The minimum absolute atomic E-state index is 0.0749. The zero-order chi connectivity index (χ0) is 10.8. The van der Waals surface area contributed by atoms with E-state index in [2.05, 4.69) is 5.32 Å². The number of hydrogen-bond donors (Lipinski definition) is 1. The van der Waals surface area contributed by atoms with Crippen molar-refractivity contribution in [3.63, 3.8) is 0 Å². The number of nitrogens with one attached hydrogen (secondary N) is 1. The van der Waals surface area contributed by atoms with Gasteiger partial charge in [0.1, 0.15) is 11.6 Å². The van der Waals surface area contributed by atoms with Gasteiger partial charge in [-0.15, -0.1) is 0 Å². The minimum Gasteiger partial charge on any atom is -0.315 e. The zero-order valence-corrected chi connectivity index (χ0v) is 8.85. The monoisotopic (exact) mass is 227 g/mol. The lowest BCUT2D eigenvalue weighted by Crippen LogP contribution is -2.35. The van der Waals surface area contributed by atoms with E-state index < -0.39 is 5.82 Å². The maximum Gasteiger partial charge on any atom is 0.142 e. The van der Waals surface area contributed by atoms with Gasteiger partial charge in [-0.1, -0.05) is 17.7 Å². The first-order valence-corrected chi connectivity index (χ1v) is 5.24. The third kappa shape index (κ3) is 2.19. The normalized spacial score (nSPS) is 21.7. The van der Waals surface area contributed by atoms with Crippen LogP contribution < -0.4 is 5.32 Å². The highest BCUT2D eigenvalue weighted by atomic mass is 35.5. The van der Waals surface area contributed by atoms with E-state index >= 15 is 0 Å². The number of ketones is 1. The summed E-state index contributed by atoms with van der Waals surface area (Å²) in [5.41, 5.74) is 0.790. The van der Waals surface area contributed by atoms with Crippen LogP contribution in [-0.2, 0) is 4.79 Å². The molecule has 15 heavy (non-hydrogen) atoms. The molecule has 0 aliphatic carbocycles. The Hall–Kier alpha value is -0.930. The van der Waals surface area contributed by atoms with Crippen LogP contribution in [0, 0.1) is 5.82 Å². The van der Waals surface area contributed by atoms with E-state index in [1.54, 1.807) is 6.07 Å². The van der Waals surface area contributed by atoms with Gasteiger partial charge in [-0.3, -0.25) is 4.79 Å². The molecule has 0 bridgehead atoms. The first-order chi connectivity index (χ1) is 7.18. The van der Waals surface area contributed by atoms with Gasteiger partial charge in [-0.2, -0.15) is 0 Å². The zero-order valence-electron chi connectivity index (χ0n) is 8.09. The van der Waals surface area contributed by atoms with Crippen molar-refractivity contribution in [2.75, 3.05) is 13.1 Å². The second-order valence-corrected chi connectivity index (χ2v) is 4.05. The molecule has 0 spiro atoms. The van der Waals surface area contributed by atoms with Crippen LogP contribution in [-0.4, -0.2) is 18.9 Å². The van der Waals surface area contributed by atoms with Crippen molar-refractivity contribution in [1.82, 2.24) is 5.32 Å². The first-order valence-electron chi connectivity index (χ1n) is 4.87. The number of carbonyl (C=O) groups is 1. The van der Waals surface area contributed by atoms with Crippen molar-refractivity contribution >= 4 is 17.4 Å². The number of rotatable bonds is 1. The number of Topliss-reactive ketones (excluding diaryl/α,β-unsaturated/α-hetero) is 1. The molecule has 4 heteroatoms. The van der Waals surface area contributed by atoms with Crippen LogP contribution in [0.15, 0.2) is 18.2 Å². The van der Waals surface area contributed by atoms with Crippen LogP contribution in [0.25, 0.3) is 0 Å². The fourth-order valence-corrected chi connectivity index (χ4v) is 1.97. The molecule has 1 unspecified atom stereocenters. The minimum atomic E-state index is -0.448. The molecule has 1 saturated heterocycles. The number of benzene rings is 1. The van der Waals surface area contributed by atoms with Gasteiger partial charge in [-0.05, 0) is 17.7 Å². The number of piperidine rings is 1. The standard InChI is InChI=1S/C11H11ClFNO/c12-9-5-7(1-2-10(9)13)8-6-14-4-3-11(8)15/h1-2,5,8,14H,3-4,6H2. The molecule has 0 saturated carbocycles. The smallest absolute Gasteiger partial charge is 0.142 e. The highest BCUT2D eigenvalue weighted by Crippen LogP contribution is 2.24. The summed E-state index contributed by atoms with van der Waals surface area (Å²) < 4.78 is 12.9. The van der Waals surface area contributed by atoms with Gasteiger partial charge in [0, 0.05) is 19.5 Å². The first kappa shape index (κ1) is 10.6. The predicted octanol–water partition coefficient (Wildman–Crippen LogP) is 2.13. The van der Waals surface area contributed by atoms with Gasteiger partial charge in [-0.25, -0.2) is 4.39 Å². The summed E-state index contributed by atoms with van der Waals surface area (Å²) >= 11 is 5.67. The largest absolute Gasteiger partial charge is 0.315 e. The van der Waals surface area contributed by atoms with Gasteiger partial charge in [0.05, 0.1) is 10.9 Å². The second kappa shape index (κ2) is 4.29. The molecule has 0 radical (unpaired) electrons. The average Bonchev–Trinajstić information content (AvgIpc) is 2.23. The predicted molar refractivity (Wildman–Crippen MR) is 56.6 cm³/mol. The molecule has 0 aromatic heterocycles. The summed E-state index contributed by atoms with van der Waals surface area (Å²) in [5.74, 6) is -0.440. The highest BCUT2D eigenvalue weighted by molar-refractivity contribution is 6.30. The van der Waals surface area contributed by atoms with Crippen molar-refractivity contribution in [3.8, 4) is 0 Å². The Labute approximate surface area is 92.4 Å². The Bertz CT molecular complexity index is 394. The van der Waals surface area contributed by atoms with Gasteiger partial charge < -0.3 is 5.32 Å². The van der Waals surface area contributed by atoms with Gasteiger partial charge in [0.25, 0.3) is 0 Å². The van der Waals surface area contributed by atoms with Crippen molar-refractivity contribution in [2.45, 2.75) is 12.3 Å². The molecule has 1 aliphatic rings. The summed E-state index contributed by atoms with van der Waals surface area (Å²) in [7, 11) is 0. The lowest BCUT2D eigenvalue weighted by Gasteiger charge is -2.22. The Balaban J connectivity index is 2.28. The Morgan fingerprint density at radius 2 is 2.27 bits per heavy atom. The van der Waals surface area contributed by atoms with Crippen LogP contribution in [0.5, 0.6) is 0 Å². The molecular weight excluding hydrogens is 217 g/mol. The molecule has 80 valence electrons. The van der Waals surface area contributed by atoms with Crippen molar-refractivity contribution in [1.29, 1.82) is 0 Å². The second-order valence-electron chi connectivity index (χ2n) is 3.65. The molecule has 2 nitrogen and oxygen atoms in total. The Kier molecular flexibility index (Phi) is 3.03. The van der Waals surface area contributed by atoms with E-state index in [1.165, 1.54) is 12.1 Å². The molecule has 1 aliphatic heterocycles. The molecule has 1 aromatic carbocycles. The van der Waals surface area contributed by atoms with Gasteiger partial charge in [0.15, 0.2) is 0 Å². The van der Waals surface area contributed by atoms with Gasteiger partial charge >= 0.3 is 0 Å². The maximum absolute atomic E-state index is 12.9. The molecular formula is C11H11ClFNO. The lowest BCUT2D eigenvalue weighted by molar-refractivity contribution is -0.121. The molecule has 1 heterocycles. The van der Waals surface area contributed by atoms with E-state index in [9.17, 15) is 9.18 Å². The van der Waals surface area contributed by atoms with E-state index in [0.717, 1.165) is 12.1 Å². The molecule has 1 aromatic rings. The number of halogens is 2. The molecule has 1 N–H and O–H groups in total. The van der Waals surface area contributed by atoms with Crippen LogP contribution in [0.4, 0.5) is 4.39 Å². The van der Waals surface area contributed by atoms with E-state index in [1.807, 2.05) is 0 Å². The third-order valence-electron chi connectivity index (χ3n) is 2.63. The lowest BCUT2D eigenvalue weighted by atomic mass is 9.90. The molecule has 1 fully saturated rings.